The fourth-order valence-corrected chi connectivity index (χ4v) is 2.29. The molecule has 1 aromatic carbocycles. The van der Waals surface area contributed by atoms with Gasteiger partial charge in [-0.05, 0) is 38.1 Å². The van der Waals surface area contributed by atoms with Gasteiger partial charge in [-0.15, -0.1) is 0 Å². The first kappa shape index (κ1) is 13.5. The Hall–Kier alpha value is -1.88. The Labute approximate surface area is 112 Å². The summed E-state index contributed by atoms with van der Waals surface area (Å²) < 4.78 is 20.6. The minimum absolute atomic E-state index is 0.237. The summed E-state index contributed by atoms with van der Waals surface area (Å²) in [4.78, 5) is 0. The molecule has 19 heavy (non-hydrogen) atoms. The second kappa shape index (κ2) is 5.40. The smallest absolute Gasteiger partial charge is 0.124 e. The lowest BCUT2D eigenvalue weighted by Gasteiger charge is -2.20. The third-order valence-electron chi connectivity index (χ3n) is 3.11. The molecule has 2 rings (SSSR count). The normalized spacial score (nSPS) is 12.5. The summed E-state index contributed by atoms with van der Waals surface area (Å²) in [6.07, 6.45) is 0. The van der Waals surface area contributed by atoms with Crippen LogP contribution in [0.15, 0.2) is 24.3 Å². The van der Waals surface area contributed by atoms with Crippen LogP contribution < -0.4 is 10.5 Å². The Morgan fingerprint density at radius 2 is 2.11 bits per heavy atom. The summed E-state index contributed by atoms with van der Waals surface area (Å²) >= 11 is 0. The van der Waals surface area contributed by atoms with Crippen LogP contribution in [0.4, 0.5) is 4.39 Å². The van der Waals surface area contributed by atoms with E-state index in [2.05, 4.69) is 5.10 Å². The van der Waals surface area contributed by atoms with Crippen molar-refractivity contribution in [3.63, 3.8) is 0 Å². The Morgan fingerprint density at radius 3 is 2.63 bits per heavy atom. The van der Waals surface area contributed by atoms with Gasteiger partial charge in [-0.1, -0.05) is 0 Å². The minimum atomic E-state index is -0.309. The van der Waals surface area contributed by atoms with Crippen molar-refractivity contribution in [1.82, 2.24) is 9.78 Å². The molecule has 0 aliphatic carbocycles. The van der Waals surface area contributed by atoms with Gasteiger partial charge < -0.3 is 10.5 Å². The zero-order valence-corrected chi connectivity index (χ0v) is 11.4. The van der Waals surface area contributed by atoms with Crippen LogP contribution in [0, 0.1) is 19.7 Å². The van der Waals surface area contributed by atoms with E-state index in [1.807, 2.05) is 24.6 Å². The molecular formula is C14H18FN3O. The average molecular weight is 263 g/mol. The summed E-state index contributed by atoms with van der Waals surface area (Å²) in [6.45, 7) is 4.19. The molecule has 0 amide bonds. The predicted octanol–water partition coefficient (Wildman–Crippen LogP) is 2.20. The van der Waals surface area contributed by atoms with Crippen LogP contribution in [0.25, 0.3) is 0 Å². The number of methoxy groups -OCH3 is 1. The van der Waals surface area contributed by atoms with E-state index in [4.69, 9.17) is 10.5 Å². The molecule has 0 aliphatic rings. The Balaban J connectivity index is 2.53. The van der Waals surface area contributed by atoms with E-state index in [9.17, 15) is 4.39 Å². The molecule has 5 heteroatoms. The SMILES string of the molecule is COc1ccc(F)cc1C(CN)n1nc(C)cc1C. The van der Waals surface area contributed by atoms with Gasteiger partial charge in [-0.3, -0.25) is 4.68 Å². The highest BCUT2D eigenvalue weighted by Crippen LogP contribution is 2.29. The zero-order valence-electron chi connectivity index (χ0n) is 11.4. The fraction of sp³-hybridized carbons (Fsp3) is 0.357. The highest BCUT2D eigenvalue weighted by Gasteiger charge is 2.20. The summed E-state index contributed by atoms with van der Waals surface area (Å²) in [7, 11) is 1.56. The second-order valence-electron chi connectivity index (χ2n) is 4.51. The Morgan fingerprint density at radius 1 is 1.37 bits per heavy atom. The molecule has 2 N–H and O–H groups in total. The highest BCUT2D eigenvalue weighted by atomic mass is 19.1. The molecule has 0 bridgehead atoms. The van der Waals surface area contributed by atoms with Crippen molar-refractivity contribution in [3.05, 3.63) is 47.0 Å². The fourth-order valence-electron chi connectivity index (χ4n) is 2.29. The quantitative estimate of drug-likeness (QED) is 0.920. The Bertz CT molecular complexity index is 580. The van der Waals surface area contributed by atoms with E-state index < -0.39 is 0 Å². The zero-order chi connectivity index (χ0) is 14.0. The highest BCUT2D eigenvalue weighted by molar-refractivity contribution is 5.37. The number of ether oxygens (including phenoxy) is 1. The first-order valence-electron chi connectivity index (χ1n) is 6.13. The average Bonchev–Trinajstić information content (AvgIpc) is 2.70. The van der Waals surface area contributed by atoms with Gasteiger partial charge in [0.1, 0.15) is 11.6 Å². The van der Waals surface area contributed by atoms with Crippen LogP contribution in [0.5, 0.6) is 5.75 Å². The lowest BCUT2D eigenvalue weighted by Crippen LogP contribution is -2.23. The number of nitrogens with two attached hydrogens (primary N) is 1. The van der Waals surface area contributed by atoms with Crippen molar-refractivity contribution >= 4 is 0 Å². The van der Waals surface area contributed by atoms with E-state index in [0.717, 1.165) is 11.4 Å². The van der Waals surface area contributed by atoms with Crippen LogP contribution >= 0.6 is 0 Å². The summed E-state index contributed by atoms with van der Waals surface area (Å²) in [5.74, 6) is 0.306. The summed E-state index contributed by atoms with van der Waals surface area (Å²) in [5.41, 5.74) is 8.45. The number of benzene rings is 1. The van der Waals surface area contributed by atoms with E-state index in [0.29, 0.717) is 17.9 Å². The lowest BCUT2D eigenvalue weighted by molar-refractivity contribution is 0.395. The van der Waals surface area contributed by atoms with Gasteiger partial charge in [0, 0.05) is 17.8 Å². The molecule has 4 nitrogen and oxygen atoms in total. The van der Waals surface area contributed by atoms with Crippen LogP contribution in [-0.2, 0) is 0 Å². The molecule has 1 heterocycles. The number of nitrogens with zero attached hydrogens (tertiary/aromatic N) is 2. The van der Waals surface area contributed by atoms with Crippen LogP contribution in [-0.4, -0.2) is 23.4 Å². The second-order valence-corrected chi connectivity index (χ2v) is 4.51. The maximum atomic E-state index is 13.5. The standard InChI is InChI=1S/C14H18FN3O/c1-9-6-10(2)18(17-9)13(8-16)12-7-11(15)4-5-14(12)19-3/h4-7,13H,8,16H2,1-3H3. The Kier molecular flexibility index (Phi) is 3.85. The van der Waals surface area contributed by atoms with Gasteiger partial charge >= 0.3 is 0 Å². The van der Waals surface area contributed by atoms with Gasteiger partial charge in [0.05, 0.1) is 18.8 Å². The van der Waals surface area contributed by atoms with Crippen molar-refractivity contribution in [2.75, 3.05) is 13.7 Å². The maximum absolute atomic E-state index is 13.5. The van der Waals surface area contributed by atoms with Gasteiger partial charge in [0.2, 0.25) is 0 Å². The van der Waals surface area contributed by atoms with E-state index in [-0.39, 0.29) is 11.9 Å². The maximum Gasteiger partial charge on any atom is 0.124 e. The van der Waals surface area contributed by atoms with Crippen LogP contribution in [0.3, 0.4) is 0 Å². The lowest BCUT2D eigenvalue weighted by atomic mass is 10.1. The van der Waals surface area contributed by atoms with E-state index in [1.54, 1.807) is 13.2 Å². The molecule has 1 unspecified atom stereocenters. The minimum Gasteiger partial charge on any atom is -0.496 e. The molecular weight excluding hydrogens is 245 g/mol. The number of aryl methyl sites for hydroxylation is 2. The third kappa shape index (κ3) is 2.61. The largest absolute Gasteiger partial charge is 0.496 e. The van der Waals surface area contributed by atoms with Gasteiger partial charge in [-0.2, -0.15) is 5.10 Å². The molecule has 1 atom stereocenters. The number of hydrogen-bond donors (Lipinski definition) is 1. The van der Waals surface area contributed by atoms with Crippen molar-refractivity contribution < 1.29 is 9.13 Å². The molecule has 1 aromatic heterocycles. The van der Waals surface area contributed by atoms with Crippen molar-refractivity contribution in [1.29, 1.82) is 0 Å². The molecule has 0 spiro atoms. The molecule has 0 saturated heterocycles. The molecule has 0 saturated carbocycles. The molecule has 0 fully saturated rings. The summed E-state index contributed by atoms with van der Waals surface area (Å²) in [6, 6.07) is 6.16. The third-order valence-corrected chi connectivity index (χ3v) is 3.11. The topological polar surface area (TPSA) is 53.1 Å². The number of hydrogen-bond acceptors (Lipinski definition) is 3. The molecule has 0 radical (unpaired) electrons. The first-order chi connectivity index (χ1) is 9.06. The van der Waals surface area contributed by atoms with Crippen molar-refractivity contribution in [3.8, 4) is 5.75 Å². The predicted molar refractivity (Wildman–Crippen MR) is 71.8 cm³/mol. The van der Waals surface area contributed by atoms with Crippen LogP contribution in [0.1, 0.15) is 23.0 Å². The number of aromatic nitrogens is 2. The number of halogens is 1. The van der Waals surface area contributed by atoms with Gasteiger partial charge in [0.15, 0.2) is 0 Å². The van der Waals surface area contributed by atoms with Gasteiger partial charge in [0.25, 0.3) is 0 Å². The van der Waals surface area contributed by atoms with Gasteiger partial charge in [-0.25, -0.2) is 4.39 Å². The molecule has 2 aromatic rings. The monoisotopic (exact) mass is 263 g/mol. The summed E-state index contributed by atoms with van der Waals surface area (Å²) in [5, 5.41) is 4.42. The van der Waals surface area contributed by atoms with Crippen LogP contribution in [0.2, 0.25) is 0 Å². The number of rotatable bonds is 4. The van der Waals surface area contributed by atoms with Crippen molar-refractivity contribution in [2.24, 2.45) is 5.73 Å². The molecule has 102 valence electrons. The van der Waals surface area contributed by atoms with E-state index >= 15 is 0 Å². The van der Waals surface area contributed by atoms with E-state index in [1.165, 1.54) is 12.1 Å². The first-order valence-corrected chi connectivity index (χ1v) is 6.13. The molecule has 0 aliphatic heterocycles. The van der Waals surface area contributed by atoms with Crippen molar-refractivity contribution in [2.45, 2.75) is 19.9 Å².